The van der Waals surface area contributed by atoms with Crippen LogP contribution in [0.4, 0.5) is 87.1 Å². The van der Waals surface area contributed by atoms with Crippen molar-refractivity contribution in [2.24, 2.45) is 0 Å². The molecule has 2 aromatic carbocycles. The second kappa shape index (κ2) is 53.6. The standard InChI is InChI=1S/C21H28N6O7.C19H23N5O7S.C8H17NO3.C6H15N.2CH4.3F2.FH/c1-4-33-16(29)12-14-7-6-8-15(11-14)13-26(21(30)34-5-2)19-17(27(31)32)18(22)23-20(24-19)25(3)9-10-28;1-4-30-14(25)10-12-7-6-8-13(9-12)11-23(19(26)31-5-2)17-15(24(27)28)16(20)21-18(22-17)32(3)29;1-8(2,3)12-7(11)9(4)5-6-10;1-4-7(5-2)6-3;;;3*1-2;/h6-8,11,28H,4-5,9-10,12-13H2,1-3H3,(H2,22,23,24);6-9H,4-5,10-11H2,1-3H3,(H2,20,21,22);10H,5-6H2,1-4H3;4-6H2,1-3H3;2*1H4;;;;1H. The van der Waals surface area contributed by atoms with Crippen molar-refractivity contribution in [3.63, 3.8) is 0 Å². The van der Waals surface area contributed by atoms with Crippen LogP contribution in [0.25, 0.3) is 0 Å². The van der Waals surface area contributed by atoms with E-state index < -0.39 is 85.3 Å². The number of hydrogen-bond acceptors (Lipinski definition) is 25. The first-order chi connectivity index (χ1) is 43.1. The zero-order chi connectivity index (χ0) is 70.6. The number of carbonyl (C=O) groups is 5. The van der Waals surface area contributed by atoms with Crippen molar-refractivity contribution in [1.82, 2.24) is 29.7 Å². The Bertz CT molecular complexity index is 2870. The van der Waals surface area contributed by atoms with Gasteiger partial charge in [-0.05, 0) is 90.4 Å². The van der Waals surface area contributed by atoms with Crippen molar-refractivity contribution in [2.45, 2.75) is 121 Å². The number of nitrogen functional groups attached to an aromatic ring is 2. The van der Waals surface area contributed by atoms with Gasteiger partial charge in [0.1, 0.15) is 5.60 Å². The highest BCUT2D eigenvalue weighted by atomic mass is 32.2. The number of nitro groups is 2. The van der Waals surface area contributed by atoms with Crippen molar-refractivity contribution in [2.75, 3.05) is 119 Å². The number of halogens is 7. The maximum atomic E-state index is 12.8. The monoisotopic (exact) mass is 1380 g/mol. The lowest BCUT2D eigenvalue weighted by Crippen LogP contribution is -2.35. The smallest absolute Gasteiger partial charge is 0.415 e. The predicted octanol–water partition coefficient (Wildman–Crippen LogP) is 9.78. The molecular formula is C56H92F7N13O17S. The summed E-state index contributed by atoms with van der Waals surface area (Å²) in [6.07, 6.45) is -0.889. The van der Waals surface area contributed by atoms with Gasteiger partial charge in [-0.15, -0.1) is 0 Å². The van der Waals surface area contributed by atoms with E-state index in [1.54, 1.807) is 111 Å². The molecule has 2 heterocycles. The van der Waals surface area contributed by atoms with Gasteiger partial charge in [0.05, 0.1) is 86.2 Å². The van der Waals surface area contributed by atoms with Gasteiger partial charge in [0.15, 0.2) is 0 Å². The molecule has 0 saturated carbocycles. The zero-order valence-electron chi connectivity index (χ0n) is 53.4. The number of aliphatic hydroxyl groups is 2. The lowest BCUT2D eigenvalue weighted by Gasteiger charge is -2.24. The fourth-order valence-electron chi connectivity index (χ4n) is 7.07. The molecular weight excluding hydrogens is 1290 g/mol. The van der Waals surface area contributed by atoms with Crippen LogP contribution in [0.5, 0.6) is 0 Å². The van der Waals surface area contributed by atoms with Crippen LogP contribution in [0, 0.1) is 20.2 Å². The van der Waals surface area contributed by atoms with Crippen molar-refractivity contribution in [3.05, 3.63) is 91.0 Å². The lowest BCUT2D eigenvalue weighted by atomic mass is 10.1. The van der Waals surface area contributed by atoms with Crippen molar-refractivity contribution in [3.8, 4) is 0 Å². The molecule has 30 nitrogen and oxygen atoms in total. The highest BCUT2D eigenvalue weighted by Gasteiger charge is 2.34. The van der Waals surface area contributed by atoms with Gasteiger partial charge in [-0.2, -0.15) is 19.9 Å². The van der Waals surface area contributed by atoms with Crippen LogP contribution in [0.3, 0.4) is 0 Å². The minimum atomic E-state index is -1.72. The number of nitrogens with two attached hydrogens (primary N) is 2. The molecule has 4 aromatic rings. The first-order valence-electron chi connectivity index (χ1n) is 27.4. The molecule has 1 unspecified atom stereocenters. The first-order valence-corrected chi connectivity index (χ1v) is 29.0. The Kier molecular flexibility index (Phi) is 54.8. The third-order valence-electron chi connectivity index (χ3n) is 11.1. The quantitative estimate of drug-likeness (QED) is 0.0120. The van der Waals surface area contributed by atoms with Gasteiger partial charge in [-0.1, -0.05) is 84.2 Å². The van der Waals surface area contributed by atoms with Crippen molar-refractivity contribution in [1.29, 1.82) is 0 Å². The molecule has 3 amide bonds. The Morgan fingerprint density at radius 3 is 1.28 bits per heavy atom. The van der Waals surface area contributed by atoms with E-state index in [4.69, 9.17) is 67.7 Å². The summed E-state index contributed by atoms with van der Waals surface area (Å²) in [5, 5.41) is 40.9. The number of likely N-dealkylation sites (N-methyl/N-ethyl adjacent to an activating group) is 2. The SMILES string of the molecule is C.C.CCN(CC)CC.CCOC(=O)Cc1cccc(CN(C(=O)OCC)c2nc(N(C)CCO)nc(N)c2[N+](=O)[O-])c1.CCOC(=O)Cc1cccc(CN(C(=O)OCC)c2nc(S(C)=O)nc(N)c2[N+](=O)[O-])c1.CN(CCO)C(=O)OC(C)(C)C.F.FF.FF.FF. The van der Waals surface area contributed by atoms with Crippen LogP contribution in [-0.2, 0) is 70.0 Å². The molecule has 6 N–H and O–H groups in total. The number of nitrogens with zero attached hydrogens (tertiary/aromatic N) is 11. The van der Waals surface area contributed by atoms with Gasteiger partial charge in [0.2, 0.25) is 34.4 Å². The highest BCUT2D eigenvalue weighted by Crippen LogP contribution is 2.35. The van der Waals surface area contributed by atoms with E-state index in [0.29, 0.717) is 28.8 Å². The second-order valence-corrected chi connectivity index (χ2v) is 20.0. The molecule has 0 aliphatic carbocycles. The third-order valence-corrected chi connectivity index (χ3v) is 11.8. The highest BCUT2D eigenvalue weighted by molar-refractivity contribution is 7.84. The van der Waals surface area contributed by atoms with Crippen molar-refractivity contribution < 1.29 is 104 Å². The van der Waals surface area contributed by atoms with E-state index in [-0.39, 0.29) is 109 Å². The summed E-state index contributed by atoms with van der Waals surface area (Å²) in [6, 6.07) is 13.5. The van der Waals surface area contributed by atoms with E-state index in [1.807, 2.05) is 0 Å². The number of aliphatic hydroxyl groups excluding tert-OH is 2. The molecule has 94 heavy (non-hydrogen) atoms. The average molecular weight is 1380 g/mol. The van der Waals surface area contributed by atoms with Crippen LogP contribution in [0.1, 0.15) is 106 Å². The molecule has 0 radical (unpaired) electrons. The van der Waals surface area contributed by atoms with Crippen molar-refractivity contribution >= 4 is 81.6 Å². The van der Waals surface area contributed by atoms with Gasteiger partial charge in [-0.25, -0.2) is 14.4 Å². The Labute approximate surface area is 544 Å². The Hall–Kier alpha value is -8.91. The number of ether oxygens (including phenoxy) is 5. The number of esters is 2. The summed E-state index contributed by atoms with van der Waals surface area (Å²) in [5.41, 5.74) is 12.1. The molecule has 0 aliphatic rings. The summed E-state index contributed by atoms with van der Waals surface area (Å²) in [7, 11) is 1.43. The van der Waals surface area contributed by atoms with Crippen LogP contribution < -0.4 is 26.2 Å². The number of carbonyl (C=O) groups excluding carboxylic acids is 5. The molecule has 38 heteroatoms. The van der Waals surface area contributed by atoms with E-state index in [2.05, 4.69) is 45.6 Å². The molecule has 538 valence electrons. The van der Waals surface area contributed by atoms with Crippen LogP contribution in [0.15, 0.2) is 53.7 Å². The summed E-state index contributed by atoms with van der Waals surface area (Å²) in [4.78, 5) is 105. The largest absolute Gasteiger partial charge is 0.466 e. The van der Waals surface area contributed by atoms with Crippen LogP contribution >= 0.6 is 0 Å². The molecule has 0 aliphatic heterocycles. The second-order valence-electron chi connectivity index (χ2n) is 18.7. The van der Waals surface area contributed by atoms with E-state index in [9.17, 15) is 53.5 Å². The maximum absolute atomic E-state index is 12.8. The fraction of sp³-hybridized carbons (Fsp3) is 0.554. The molecule has 4 rings (SSSR count). The molecule has 0 fully saturated rings. The van der Waals surface area contributed by atoms with Crippen LogP contribution in [-0.4, -0.2) is 183 Å². The zero-order valence-corrected chi connectivity index (χ0v) is 54.2. The number of aromatic nitrogens is 4. The summed E-state index contributed by atoms with van der Waals surface area (Å²) in [6.45, 7) is 22.4. The molecule has 0 bridgehead atoms. The van der Waals surface area contributed by atoms with Gasteiger partial charge >= 0.3 is 41.6 Å². The van der Waals surface area contributed by atoms with E-state index in [1.165, 1.54) is 35.7 Å². The topological polar surface area (TPSA) is 395 Å². The van der Waals surface area contributed by atoms with E-state index in [0.717, 1.165) is 9.80 Å². The number of rotatable bonds is 25. The number of benzene rings is 2. The Morgan fingerprint density at radius 1 is 0.596 bits per heavy atom. The average Bonchev–Trinajstić information content (AvgIpc) is 0.798. The number of anilines is 5. The molecule has 0 saturated heterocycles. The molecule has 1 atom stereocenters. The van der Waals surface area contributed by atoms with Crippen LogP contribution in [0.2, 0.25) is 0 Å². The normalized spacial score (nSPS) is 10.1. The fourth-order valence-corrected chi connectivity index (χ4v) is 7.51. The summed E-state index contributed by atoms with van der Waals surface area (Å²) < 4.78 is 85.0. The number of hydrogen-bond donors (Lipinski definition) is 4. The van der Waals surface area contributed by atoms with Gasteiger partial charge in [-0.3, -0.25) is 48.5 Å². The molecule has 2 aromatic heterocycles. The molecule has 0 spiro atoms. The third kappa shape index (κ3) is 36.4. The number of amides is 3. The first kappa shape index (κ1) is 96.2. The van der Waals surface area contributed by atoms with Gasteiger partial charge < -0.3 is 60.1 Å². The summed E-state index contributed by atoms with van der Waals surface area (Å²) in [5.74, 6) is -2.61. The van der Waals surface area contributed by atoms with Gasteiger partial charge in [0, 0.05) is 60.9 Å². The predicted molar refractivity (Wildman–Crippen MR) is 341 cm³/mol. The minimum absolute atomic E-state index is 0. The summed E-state index contributed by atoms with van der Waals surface area (Å²) >= 11 is 0. The Balaban J connectivity index is -0.000000297. The maximum Gasteiger partial charge on any atom is 0.415 e. The minimum Gasteiger partial charge on any atom is -0.466 e. The van der Waals surface area contributed by atoms with E-state index >= 15 is 0 Å². The Morgan fingerprint density at radius 2 is 0.957 bits per heavy atom. The lowest BCUT2D eigenvalue weighted by molar-refractivity contribution is -0.383. The van der Waals surface area contributed by atoms with Gasteiger partial charge in [0.25, 0.3) is 0 Å².